The van der Waals surface area contributed by atoms with Crippen LogP contribution < -0.4 is 14.8 Å². The highest BCUT2D eigenvalue weighted by molar-refractivity contribution is 5.78. The maximum atomic E-state index is 11.1. The van der Waals surface area contributed by atoms with Crippen molar-refractivity contribution in [3.63, 3.8) is 0 Å². The van der Waals surface area contributed by atoms with Crippen LogP contribution in [0.5, 0.6) is 11.5 Å². The second-order valence-electron chi connectivity index (χ2n) is 5.16. The van der Waals surface area contributed by atoms with E-state index in [1.807, 2.05) is 24.3 Å². The molecule has 0 saturated heterocycles. The molecule has 0 aliphatic heterocycles. The summed E-state index contributed by atoms with van der Waals surface area (Å²) in [6.07, 6.45) is 2.15. The lowest BCUT2D eigenvalue weighted by molar-refractivity contribution is -0.144. The number of ether oxygens (including phenoxy) is 2. The van der Waals surface area contributed by atoms with E-state index in [-0.39, 0.29) is 0 Å². The van der Waals surface area contributed by atoms with Crippen LogP contribution in [-0.2, 0) is 4.79 Å². The van der Waals surface area contributed by atoms with Gasteiger partial charge in [-0.05, 0) is 57.5 Å². The van der Waals surface area contributed by atoms with E-state index in [1.54, 1.807) is 14.0 Å². The molecule has 5 nitrogen and oxygen atoms in total. The number of hydrogen-bond donors (Lipinski definition) is 2. The van der Waals surface area contributed by atoms with Crippen LogP contribution in [0.3, 0.4) is 0 Å². The molecule has 118 valence electrons. The molecule has 1 rings (SSSR count). The number of benzene rings is 1. The number of carboxylic acids is 1. The van der Waals surface area contributed by atoms with Gasteiger partial charge >= 0.3 is 5.97 Å². The van der Waals surface area contributed by atoms with Gasteiger partial charge in [0.15, 0.2) is 0 Å². The minimum absolute atomic E-state index is 0.486. The third-order valence-corrected chi connectivity index (χ3v) is 3.41. The van der Waals surface area contributed by atoms with Gasteiger partial charge in [-0.3, -0.25) is 4.79 Å². The van der Waals surface area contributed by atoms with Crippen molar-refractivity contribution in [2.75, 3.05) is 20.3 Å². The van der Waals surface area contributed by atoms with Gasteiger partial charge in [0.05, 0.1) is 13.2 Å². The van der Waals surface area contributed by atoms with E-state index in [0.717, 1.165) is 17.9 Å². The fraction of sp³-hybridized carbons (Fsp3) is 0.562. The second kappa shape index (κ2) is 8.52. The molecule has 1 aromatic carbocycles. The van der Waals surface area contributed by atoms with Gasteiger partial charge in [0.25, 0.3) is 0 Å². The molecule has 0 heterocycles. The molecule has 0 bridgehead atoms. The zero-order valence-electron chi connectivity index (χ0n) is 13.0. The molecule has 2 N–H and O–H groups in total. The second-order valence-corrected chi connectivity index (χ2v) is 5.16. The Morgan fingerprint density at radius 1 is 1.19 bits per heavy atom. The van der Waals surface area contributed by atoms with Gasteiger partial charge in [-0.1, -0.05) is 6.92 Å². The van der Waals surface area contributed by atoms with Crippen LogP contribution in [0.2, 0.25) is 0 Å². The molecule has 0 saturated carbocycles. The summed E-state index contributed by atoms with van der Waals surface area (Å²) >= 11 is 0. The van der Waals surface area contributed by atoms with Crippen molar-refractivity contribution in [1.29, 1.82) is 0 Å². The van der Waals surface area contributed by atoms with Crippen molar-refractivity contribution in [2.45, 2.75) is 38.6 Å². The predicted octanol–water partition coefficient (Wildman–Crippen LogP) is 2.70. The monoisotopic (exact) mass is 295 g/mol. The first kappa shape index (κ1) is 17.3. The van der Waals surface area contributed by atoms with Crippen molar-refractivity contribution in [1.82, 2.24) is 5.32 Å². The van der Waals surface area contributed by atoms with Crippen molar-refractivity contribution in [3.8, 4) is 11.5 Å². The Morgan fingerprint density at radius 3 is 2.14 bits per heavy atom. The molecule has 0 aliphatic carbocycles. The fourth-order valence-corrected chi connectivity index (χ4v) is 1.81. The zero-order valence-corrected chi connectivity index (χ0v) is 13.0. The number of nitrogens with one attached hydrogen (secondary N) is 1. The van der Waals surface area contributed by atoms with Crippen molar-refractivity contribution in [3.05, 3.63) is 24.3 Å². The molecule has 1 aromatic rings. The molecule has 0 aromatic heterocycles. The average molecular weight is 295 g/mol. The van der Waals surface area contributed by atoms with Crippen molar-refractivity contribution < 1.29 is 19.4 Å². The summed E-state index contributed by atoms with van der Waals surface area (Å²) in [5.41, 5.74) is -0.902. The molecule has 0 amide bonds. The number of likely N-dealkylation sites (N-methyl/N-ethyl adjacent to an activating group) is 1. The molecule has 5 heteroatoms. The maximum Gasteiger partial charge on any atom is 0.323 e. The molecular weight excluding hydrogens is 270 g/mol. The number of aliphatic carboxylic acids is 1. The van der Waals surface area contributed by atoms with Crippen LogP contribution >= 0.6 is 0 Å². The minimum atomic E-state index is -0.902. The maximum absolute atomic E-state index is 11.1. The van der Waals surface area contributed by atoms with Crippen LogP contribution in [0.15, 0.2) is 24.3 Å². The predicted molar refractivity (Wildman–Crippen MR) is 82.1 cm³/mol. The summed E-state index contributed by atoms with van der Waals surface area (Å²) in [5, 5.41) is 12.0. The Bertz CT molecular complexity index is 432. The Balaban J connectivity index is 2.34. The van der Waals surface area contributed by atoms with Gasteiger partial charge in [-0.2, -0.15) is 0 Å². The normalized spacial score (nSPS) is 13.5. The lowest BCUT2D eigenvalue weighted by Crippen LogP contribution is -2.47. The molecule has 1 unspecified atom stereocenters. The molecule has 21 heavy (non-hydrogen) atoms. The van der Waals surface area contributed by atoms with E-state index in [9.17, 15) is 4.79 Å². The quantitative estimate of drug-likeness (QED) is 0.650. The molecule has 0 fully saturated rings. The van der Waals surface area contributed by atoms with Crippen LogP contribution in [-0.4, -0.2) is 36.9 Å². The first-order chi connectivity index (χ1) is 10.0. The number of carboxylic acid groups (broad SMARTS) is 1. The minimum Gasteiger partial charge on any atom is -0.494 e. The summed E-state index contributed by atoms with van der Waals surface area (Å²) in [6, 6.07) is 7.47. The number of carbonyl (C=O) groups is 1. The first-order valence-electron chi connectivity index (χ1n) is 7.30. The summed E-state index contributed by atoms with van der Waals surface area (Å²) in [6.45, 7) is 4.93. The van der Waals surface area contributed by atoms with E-state index in [0.29, 0.717) is 26.1 Å². The van der Waals surface area contributed by atoms with E-state index in [4.69, 9.17) is 14.6 Å². The van der Waals surface area contributed by atoms with Gasteiger partial charge in [0.1, 0.15) is 17.0 Å². The van der Waals surface area contributed by atoms with E-state index in [1.165, 1.54) is 0 Å². The Labute approximate surface area is 126 Å². The fourth-order valence-electron chi connectivity index (χ4n) is 1.81. The lowest BCUT2D eigenvalue weighted by Gasteiger charge is -2.23. The highest BCUT2D eigenvalue weighted by Gasteiger charge is 2.30. The van der Waals surface area contributed by atoms with Gasteiger partial charge in [0, 0.05) is 0 Å². The van der Waals surface area contributed by atoms with E-state index < -0.39 is 11.5 Å². The highest BCUT2D eigenvalue weighted by Crippen LogP contribution is 2.19. The summed E-state index contributed by atoms with van der Waals surface area (Å²) in [7, 11) is 1.66. The van der Waals surface area contributed by atoms with Crippen molar-refractivity contribution >= 4 is 5.97 Å². The smallest absolute Gasteiger partial charge is 0.323 e. The standard InChI is InChI=1S/C16H25NO4/c1-4-11-20-13-6-8-14(9-7-13)21-12-5-10-16(2,17-3)15(18)19/h6-9,17H,4-5,10-12H2,1-3H3,(H,18,19). The van der Waals surface area contributed by atoms with Crippen LogP contribution in [0.25, 0.3) is 0 Å². The average Bonchev–Trinajstić information content (AvgIpc) is 2.50. The summed E-state index contributed by atoms with van der Waals surface area (Å²) in [5.74, 6) is 0.751. The first-order valence-corrected chi connectivity index (χ1v) is 7.30. The van der Waals surface area contributed by atoms with Crippen molar-refractivity contribution in [2.24, 2.45) is 0 Å². The van der Waals surface area contributed by atoms with Gasteiger partial charge in [0.2, 0.25) is 0 Å². The largest absolute Gasteiger partial charge is 0.494 e. The van der Waals surface area contributed by atoms with Gasteiger partial charge < -0.3 is 19.9 Å². The Morgan fingerprint density at radius 2 is 1.71 bits per heavy atom. The SMILES string of the molecule is CCCOc1ccc(OCCCC(C)(NC)C(=O)O)cc1. The Hall–Kier alpha value is -1.75. The molecule has 0 radical (unpaired) electrons. The lowest BCUT2D eigenvalue weighted by atomic mass is 9.96. The molecule has 0 aliphatic rings. The van der Waals surface area contributed by atoms with Gasteiger partial charge in [-0.25, -0.2) is 0 Å². The van der Waals surface area contributed by atoms with E-state index in [2.05, 4.69) is 12.2 Å². The van der Waals surface area contributed by atoms with Crippen LogP contribution in [0.1, 0.15) is 33.1 Å². The molecule has 1 atom stereocenters. The number of rotatable bonds is 10. The molecular formula is C16H25NO4. The van der Waals surface area contributed by atoms with Gasteiger partial charge in [-0.15, -0.1) is 0 Å². The highest BCUT2D eigenvalue weighted by atomic mass is 16.5. The molecule has 0 spiro atoms. The zero-order chi connectivity index (χ0) is 15.7. The van der Waals surface area contributed by atoms with Crippen LogP contribution in [0.4, 0.5) is 0 Å². The summed E-state index contributed by atoms with van der Waals surface area (Å²) < 4.78 is 11.1. The number of hydrogen-bond acceptors (Lipinski definition) is 4. The topological polar surface area (TPSA) is 67.8 Å². The summed E-state index contributed by atoms with van der Waals surface area (Å²) in [4.78, 5) is 11.1. The van der Waals surface area contributed by atoms with E-state index >= 15 is 0 Å². The Kier molecular flexibility index (Phi) is 7.02. The third-order valence-electron chi connectivity index (χ3n) is 3.41. The third kappa shape index (κ3) is 5.63. The van der Waals surface area contributed by atoms with Crippen LogP contribution in [0, 0.1) is 0 Å².